The van der Waals surface area contributed by atoms with E-state index in [-0.39, 0.29) is 21.1 Å². The molecule has 4 heterocycles. The Bertz CT molecular complexity index is 3330. The fourth-order valence-corrected chi connectivity index (χ4v) is 8.31. The molecule has 0 saturated carbocycles. The Morgan fingerprint density at radius 1 is 0.518 bits per heavy atom. The quantitative estimate of drug-likeness (QED) is 0.128. The van der Waals surface area contributed by atoms with E-state index in [2.05, 4.69) is 156 Å². The van der Waals surface area contributed by atoms with Crippen LogP contribution >= 0.6 is 0 Å². The van der Waals surface area contributed by atoms with Crippen LogP contribution in [-0.2, 0) is 21.1 Å². The van der Waals surface area contributed by atoms with Gasteiger partial charge in [-0.25, -0.2) is 4.98 Å². The number of imidazole rings is 1. The zero-order valence-electron chi connectivity index (χ0n) is 30.7. The van der Waals surface area contributed by atoms with Crippen molar-refractivity contribution in [2.45, 2.75) is 20.8 Å². The smallest absolute Gasteiger partial charge is 0.503 e. The number of para-hydroxylation sites is 5. The molecule has 11 aromatic rings. The van der Waals surface area contributed by atoms with E-state index in [1.54, 1.807) is 0 Å². The van der Waals surface area contributed by atoms with Gasteiger partial charge in [-0.05, 0) is 72.5 Å². The van der Waals surface area contributed by atoms with Crippen LogP contribution in [0, 0.1) is 32.9 Å². The summed E-state index contributed by atoms with van der Waals surface area (Å²) in [5, 5.41) is 14.6. The van der Waals surface area contributed by atoms with Gasteiger partial charge in [-0.15, -0.1) is 34.8 Å². The van der Waals surface area contributed by atoms with Crippen molar-refractivity contribution in [3.8, 4) is 34.5 Å². The van der Waals surface area contributed by atoms with Gasteiger partial charge in [0.05, 0.1) is 22.4 Å². The van der Waals surface area contributed by atoms with E-state index >= 15 is 0 Å². The third-order valence-corrected chi connectivity index (χ3v) is 10.8. The molecule has 7 aromatic carbocycles. The van der Waals surface area contributed by atoms with Crippen LogP contribution in [0.25, 0.3) is 83.2 Å². The molecule has 0 saturated heterocycles. The van der Waals surface area contributed by atoms with Crippen molar-refractivity contribution in [1.82, 2.24) is 28.7 Å². The summed E-state index contributed by atoms with van der Waals surface area (Å²) in [7, 11) is 0. The zero-order valence-corrected chi connectivity index (χ0v) is 33.0. The van der Waals surface area contributed by atoms with Crippen molar-refractivity contribution in [2.24, 2.45) is 0 Å². The summed E-state index contributed by atoms with van der Waals surface area (Å²) in [5.41, 5.74) is 11.3. The standard InChI is InChI=1S/C48H32N6O.Pt/c1-29-13-4-5-16-34(29)46-50-51-47-39-27-32(23-25-35(39)36-17-6-10-21-42(36)54(46)47)55-33-24-26-38-37-18-7-9-20-41(37)52(44(38)28-33)48-49-40-19-8-11-22-43(40)53(48)45-30(2)14-12-15-31(45)3;/h4-26H,1-3H3;/q-2;+2. The molecule has 0 unspecified atom stereocenters. The van der Waals surface area contributed by atoms with E-state index in [4.69, 9.17) is 19.9 Å². The summed E-state index contributed by atoms with van der Waals surface area (Å²) in [6.07, 6.45) is 0. The molecule has 0 aliphatic carbocycles. The Hall–Kier alpha value is -6.56. The number of rotatable bonds is 5. The monoisotopic (exact) mass is 903 g/mol. The summed E-state index contributed by atoms with van der Waals surface area (Å²) < 4.78 is 13.3. The van der Waals surface area contributed by atoms with Gasteiger partial charge in [0.15, 0.2) is 5.82 Å². The fourth-order valence-electron chi connectivity index (χ4n) is 8.31. The maximum Gasteiger partial charge on any atom is 2.00 e. The molecule has 0 bridgehead atoms. The van der Waals surface area contributed by atoms with Crippen molar-refractivity contribution < 1.29 is 25.8 Å². The number of fused-ring (bicyclic) bond motifs is 10. The molecule has 0 aliphatic rings. The second-order valence-electron chi connectivity index (χ2n) is 14.1. The molecule has 11 rings (SSSR count). The van der Waals surface area contributed by atoms with E-state index < -0.39 is 0 Å². The number of ether oxygens (including phenoxy) is 1. The summed E-state index contributed by atoms with van der Waals surface area (Å²) in [5.74, 6) is 2.72. The molecule has 0 radical (unpaired) electrons. The van der Waals surface area contributed by atoms with Gasteiger partial charge in [0.25, 0.3) is 0 Å². The van der Waals surface area contributed by atoms with Gasteiger partial charge in [0.1, 0.15) is 0 Å². The summed E-state index contributed by atoms with van der Waals surface area (Å²) >= 11 is 0. The summed E-state index contributed by atoms with van der Waals surface area (Å²) in [6, 6.07) is 55.3. The van der Waals surface area contributed by atoms with E-state index in [1.807, 2.05) is 30.3 Å². The average Bonchev–Trinajstić information content (AvgIpc) is 3.91. The predicted molar refractivity (Wildman–Crippen MR) is 221 cm³/mol. The Labute approximate surface area is 336 Å². The minimum absolute atomic E-state index is 0. The molecular weight excluding hydrogens is 872 g/mol. The Morgan fingerprint density at radius 3 is 1.93 bits per heavy atom. The number of benzene rings is 7. The largest absolute Gasteiger partial charge is 2.00 e. The first-order valence-electron chi connectivity index (χ1n) is 18.4. The first-order chi connectivity index (χ1) is 27.0. The molecule has 0 fully saturated rings. The van der Waals surface area contributed by atoms with Crippen molar-refractivity contribution in [2.75, 3.05) is 0 Å². The number of aryl methyl sites for hydroxylation is 3. The maximum absolute atomic E-state index is 6.66. The maximum atomic E-state index is 6.66. The van der Waals surface area contributed by atoms with Crippen LogP contribution in [0.3, 0.4) is 0 Å². The second kappa shape index (κ2) is 13.0. The molecular formula is C48H32N6OPt. The van der Waals surface area contributed by atoms with Crippen LogP contribution in [0.1, 0.15) is 16.7 Å². The van der Waals surface area contributed by atoms with Gasteiger partial charge >= 0.3 is 21.1 Å². The van der Waals surface area contributed by atoms with Gasteiger partial charge < -0.3 is 13.7 Å². The number of hydrogen-bond donors (Lipinski definition) is 0. The summed E-state index contributed by atoms with van der Waals surface area (Å²) in [4.78, 5) is 5.29. The van der Waals surface area contributed by atoms with E-state index in [1.165, 1.54) is 11.1 Å². The van der Waals surface area contributed by atoms with Crippen LogP contribution in [0.2, 0.25) is 0 Å². The third-order valence-electron chi connectivity index (χ3n) is 10.8. The molecule has 0 aliphatic heterocycles. The third kappa shape index (κ3) is 5.04. The predicted octanol–water partition coefficient (Wildman–Crippen LogP) is 11.5. The second-order valence-corrected chi connectivity index (χ2v) is 14.1. The number of pyridine rings is 1. The van der Waals surface area contributed by atoms with E-state index in [9.17, 15) is 0 Å². The number of aromatic nitrogens is 6. The van der Waals surface area contributed by atoms with Crippen molar-refractivity contribution >= 4 is 60.2 Å². The number of hydrogen-bond acceptors (Lipinski definition) is 4. The van der Waals surface area contributed by atoms with Gasteiger partial charge in [-0.1, -0.05) is 113 Å². The molecule has 0 amide bonds. The van der Waals surface area contributed by atoms with Crippen LogP contribution in [0.4, 0.5) is 0 Å². The van der Waals surface area contributed by atoms with Gasteiger partial charge in [0.2, 0.25) is 5.95 Å². The minimum Gasteiger partial charge on any atom is -0.503 e. The Balaban J connectivity index is 0.00000384. The molecule has 0 atom stereocenters. The normalized spacial score (nSPS) is 11.7. The van der Waals surface area contributed by atoms with Crippen molar-refractivity contribution in [3.05, 3.63) is 168 Å². The average molecular weight is 904 g/mol. The van der Waals surface area contributed by atoms with Crippen LogP contribution in [0.5, 0.6) is 11.5 Å². The summed E-state index contributed by atoms with van der Waals surface area (Å²) in [6.45, 7) is 6.42. The minimum atomic E-state index is 0. The first-order valence-corrected chi connectivity index (χ1v) is 18.4. The van der Waals surface area contributed by atoms with Crippen LogP contribution in [0.15, 0.2) is 140 Å². The van der Waals surface area contributed by atoms with Crippen molar-refractivity contribution in [3.63, 3.8) is 0 Å². The Morgan fingerprint density at radius 2 is 1.14 bits per heavy atom. The van der Waals surface area contributed by atoms with Crippen molar-refractivity contribution in [1.29, 1.82) is 0 Å². The van der Waals surface area contributed by atoms with E-state index in [0.29, 0.717) is 11.5 Å². The molecule has 4 aromatic heterocycles. The molecule has 8 heteroatoms. The topological polar surface area (TPSA) is 62.2 Å². The van der Waals surface area contributed by atoms with Crippen LogP contribution < -0.4 is 4.74 Å². The molecule has 7 nitrogen and oxygen atoms in total. The van der Waals surface area contributed by atoms with Gasteiger partial charge in [0, 0.05) is 28.1 Å². The molecule has 56 heavy (non-hydrogen) atoms. The molecule has 0 N–H and O–H groups in total. The van der Waals surface area contributed by atoms with Gasteiger partial charge in [-0.2, -0.15) is 11.2 Å². The zero-order chi connectivity index (χ0) is 36.8. The van der Waals surface area contributed by atoms with Crippen LogP contribution in [-0.4, -0.2) is 28.7 Å². The first kappa shape index (κ1) is 34.0. The van der Waals surface area contributed by atoms with Gasteiger partial charge in [-0.3, -0.25) is 4.57 Å². The molecule has 0 spiro atoms. The number of nitrogens with zero attached hydrogens (tertiary/aromatic N) is 6. The van der Waals surface area contributed by atoms with E-state index in [0.717, 1.165) is 88.7 Å². The SMILES string of the molecule is Cc1ccccc1-c1nnc2c3[c-]c(Oc4[c-]c5c(cc4)c4ccccc4n5-c4nc5ccccc5n4-c4c(C)cccc4C)ccc3c3ccccc3n12.[Pt+2]. The Kier molecular flexibility index (Phi) is 7.91. The molecule has 270 valence electrons. The fraction of sp³-hybridized carbons (Fsp3) is 0.0625.